The Labute approximate surface area is 140 Å². The second kappa shape index (κ2) is 6.35. The van der Waals surface area contributed by atoms with Crippen molar-refractivity contribution in [2.75, 3.05) is 13.7 Å². The number of aromatic nitrogens is 1. The van der Waals surface area contributed by atoms with E-state index in [1.807, 2.05) is 62.5 Å². The number of para-hydroxylation sites is 1. The van der Waals surface area contributed by atoms with Crippen molar-refractivity contribution in [3.05, 3.63) is 75.5 Å². The van der Waals surface area contributed by atoms with Crippen LogP contribution in [-0.2, 0) is 7.05 Å². The van der Waals surface area contributed by atoms with Crippen LogP contribution in [0.15, 0.2) is 48.5 Å². The van der Waals surface area contributed by atoms with Crippen molar-refractivity contribution >= 4 is 10.9 Å². The van der Waals surface area contributed by atoms with Crippen LogP contribution in [-0.4, -0.2) is 23.1 Å². The normalized spacial score (nSPS) is 12.3. The molecule has 3 aromatic rings. The van der Waals surface area contributed by atoms with Crippen LogP contribution >= 0.6 is 0 Å². The minimum atomic E-state index is -0.318. The lowest BCUT2D eigenvalue weighted by Gasteiger charge is -2.16. The highest BCUT2D eigenvalue weighted by molar-refractivity contribution is 5.86. The Bertz CT molecular complexity index is 899. The van der Waals surface area contributed by atoms with Gasteiger partial charge < -0.3 is 9.30 Å². The minimum absolute atomic E-state index is 0.151. The number of ether oxygens (including phenoxy) is 1. The lowest BCUT2D eigenvalue weighted by Crippen LogP contribution is -2.15. The summed E-state index contributed by atoms with van der Waals surface area (Å²) >= 11 is 0. The molecule has 24 heavy (non-hydrogen) atoms. The van der Waals surface area contributed by atoms with Crippen LogP contribution in [0.4, 0.5) is 0 Å². The Morgan fingerprint density at radius 2 is 1.96 bits per heavy atom. The molecule has 5 heteroatoms. The minimum Gasteiger partial charge on any atom is -0.497 e. The lowest BCUT2D eigenvalue weighted by molar-refractivity contribution is -0.481. The summed E-state index contributed by atoms with van der Waals surface area (Å²) in [4.78, 5) is 11.1. The molecular formula is C19H20N2O3. The molecule has 0 amide bonds. The second-order valence-electron chi connectivity index (χ2n) is 5.92. The zero-order valence-corrected chi connectivity index (χ0v) is 14.0. The topological polar surface area (TPSA) is 57.3 Å². The van der Waals surface area contributed by atoms with Crippen molar-refractivity contribution in [1.29, 1.82) is 0 Å². The maximum atomic E-state index is 11.3. The number of hydrogen-bond donors (Lipinski definition) is 0. The molecule has 2 aromatic carbocycles. The standard InChI is InChI=1S/C19H20N2O3/c1-13-19(16-9-4-5-10-18(16)20(13)2)17(12-21(22)23)14-7-6-8-15(11-14)24-3/h4-11,17H,12H2,1-3H3/t17-/m1/s1. The van der Waals surface area contributed by atoms with Crippen LogP contribution in [0.5, 0.6) is 5.75 Å². The molecule has 0 radical (unpaired) electrons. The first kappa shape index (κ1) is 16.1. The summed E-state index contributed by atoms with van der Waals surface area (Å²) in [5, 5.41) is 12.4. The average Bonchev–Trinajstić information content (AvgIpc) is 2.84. The van der Waals surface area contributed by atoms with Crippen LogP contribution in [0, 0.1) is 17.0 Å². The molecule has 0 bridgehead atoms. The Kier molecular flexibility index (Phi) is 4.25. The fraction of sp³-hybridized carbons (Fsp3) is 0.263. The van der Waals surface area contributed by atoms with Crippen molar-refractivity contribution < 1.29 is 9.66 Å². The number of benzene rings is 2. The Hall–Kier alpha value is -2.82. The van der Waals surface area contributed by atoms with Crippen LogP contribution in [0.3, 0.4) is 0 Å². The molecular weight excluding hydrogens is 304 g/mol. The van der Waals surface area contributed by atoms with Crippen molar-refractivity contribution in [3.63, 3.8) is 0 Å². The number of nitro groups is 1. The second-order valence-corrected chi connectivity index (χ2v) is 5.92. The third kappa shape index (κ3) is 2.73. The van der Waals surface area contributed by atoms with Gasteiger partial charge >= 0.3 is 0 Å². The Morgan fingerprint density at radius 1 is 1.21 bits per heavy atom. The van der Waals surface area contributed by atoms with Gasteiger partial charge in [0.05, 0.1) is 13.0 Å². The van der Waals surface area contributed by atoms with Crippen molar-refractivity contribution in [3.8, 4) is 5.75 Å². The highest BCUT2D eigenvalue weighted by Gasteiger charge is 2.26. The predicted octanol–water partition coefficient (Wildman–Crippen LogP) is 3.90. The van der Waals surface area contributed by atoms with E-state index in [9.17, 15) is 10.1 Å². The molecule has 0 saturated heterocycles. The third-order valence-electron chi connectivity index (χ3n) is 4.62. The number of methoxy groups -OCH3 is 1. The van der Waals surface area contributed by atoms with Crippen molar-refractivity contribution in [2.24, 2.45) is 7.05 Å². The van der Waals surface area contributed by atoms with E-state index in [2.05, 4.69) is 4.57 Å². The molecule has 1 heterocycles. The van der Waals surface area contributed by atoms with E-state index in [1.165, 1.54) is 0 Å². The van der Waals surface area contributed by atoms with Crippen LogP contribution in [0.1, 0.15) is 22.7 Å². The maximum Gasteiger partial charge on any atom is 0.214 e. The molecule has 1 aromatic heterocycles. The maximum absolute atomic E-state index is 11.3. The molecule has 5 nitrogen and oxygen atoms in total. The van der Waals surface area contributed by atoms with E-state index in [-0.39, 0.29) is 17.4 Å². The van der Waals surface area contributed by atoms with E-state index in [4.69, 9.17) is 4.74 Å². The van der Waals surface area contributed by atoms with Gasteiger partial charge in [0.2, 0.25) is 6.54 Å². The van der Waals surface area contributed by atoms with Gasteiger partial charge in [-0.3, -0.25) is 10.1 Å². The number of aryl methyl sites for hydroxylation is 1. The van der Waals surface area contributed by atoms with Crippen LogP contribution < -0.4 is 4.74 Å². The molecule has 0 fully saturated rings. The summed E-state index contributed by atoms with van der Waals surface area (Å²) in [6.07, 6.45) is 0. The van der Waals surface area contributed by atoms with Gasteiger partial charge in [0.25, 0.3) is 0 Å². The quantitative estimate of drug-likeness (QED) is 0.528. The zero-order chi connectivity index (χ0) is 17.3. The Morgan fingerprint density at radius 3 is 2.67 bits per heavy atom. The first-order valence-corrected chi connectivity index (χ1v) is 7.82. The average molecular weight is 324 g/mol. The predicted molar refractivity (Wildman–Crippen MR) is 94.4 cm³/mol. The van der Waals surface area contributed by atoms with Gasteiger partial charge in [-0.1, -0.05) is 30.3 Å². The number of nitrogens with zero attached hydrogens (tertiary/aromatic N) is 2. The fourth-order valence-corrected chi connectivity index (χ4v) is 3.36. The number of fused-ring (bicyclic) bond motifs is 1. The highest BCUT2D eigenvalue weighted by Crippen LogP contribution is 2.36. The molecule has 0 aliphatic heterocycles. The van der Waals surface area contributed by atoms with E-state index in [0.29, 0.717) is 5.75 Å². The monoisotopic (exact) mass is 324 g/mol. The summed E-state index contributed by atoms with van der Waals surface area (Å²) in [6.45, 7) is 1.87. The van der Waals surface area contributed by atoms with Gasteiger partial charge in [0.15, 0.2) is 0 Å². The number of rotatable bonds is 5. The third-order valence-corrected chi connectivity index (χ3v) is 4.62. The molecule has 0 spiro atoms. The first-order chi connectivity index (χ1) is 11.5. The summed E-state index contributed by atoms with van der Waals surface area (Å²) in [5.41, 5.74) is 4.04. The van der Waals surface area contributed by atoms with Gasteiger partial charge in [0.1, 0.15) is 5.75 Å². The van der Waals surface area contributed by atoms with E-state index in [1.54, 1.807) is 7.11 Å². The zero-order valence-electron chi connectivity index (χ0n) is 14.0. The lowest BCUT2D eigenvalue weighted by atomic mass is 9.89. The molecule has 0 aliphatic carbocycles. The fourth-order valence-electron chi connectivity index (χ4n) is 3.36. The van der Waals surface area contributed by atoms with Crippen LogP contribution in [0.2, 0.25) is 0 Å². The van der Waals surface area contributed by atoms with Gasteiger partial charge in [-0.25, -0.2) is 0 Å². The molecule has 0 unspecified atom stereocenters. The molecule has 0 aliphatic rings. The summed E-state index contributed by atoms with van der Waals surface area (Å²) in [5.74, 6) is 0.389. The SMILES string of the molecule is COc1cccc([C@@H](C[N+](=O)[O-])c2c(C)n(C)c3ccccc23)c1. The first-order valence-electron chi connectivity index (χ1n) is 7.82. The molecule has 0 saturated carbocycles. The van der Waals surface area contributed by atoms with Crippen molar-refractivity contribution in [2.45, 2.75) is 12.8 Å². The van der Waals surface area contributed by atoms with Gasteiger partial charge in [-0.2, -0.15) is 0 Å². The van der Waals surface area contributed by atoms with E-state index in [0.717, 1.165) is 27.7 Å². The van der Waals surface area contributed by atoms with Crippen molar-refractivity contribution in [1.82, 2.24) is 4.57 Å². The molecule has 124 valence electrons. The van der Waals surface area contributed by atoms with E-state index < -0.39 is 0 Å². The molecule has 0 N–H and O–H groups in total. The van der Waals surface area contributed by atoms with E-state index >= 15 is 0 Å². The molecule has 1 atom stereocenters. The largest absolute Gasteiger partial charge is 0.497 e. The number of hydrogen-bond acceptors (Lipinski definition) is 3. The Balaban J connectivity index is 2.23. The van der Waals surface area contributed by atoms with Gasteiger partial charge in [-0.15, -0.1) is 0 Å². The van der Waals surface area contributed by atoms with Gasteiger partial charge in [0, 0.05) is 28.6 Å². The molecule has 3 rings (SSSR count). The summed E-state index contributed by atoms with van der Waals surface area (Å²) < 4.78 is 7.39. The smallest absolute Gasteiger partial charge is 0.214 e. The van der Waals surface area contributed by atoms with Gasteiger partial charge in [-0.05, 0) is 36.2 Å². The van der Waals surface area contributed by atoms with Crippen LogP contribution in [0.25, 0.3) is 10.9 Å². The summed E-state index contributed by atoms with van der Waals surface area (Å²) in [6, 6.07) is 15.6. The summed E-state index contributed by atoms with van der Waals surface area (Å²) in [7, 11) is 3.60. The highest BCUT2D eigenvalue weighted by atomic mass is 16.6.